The minimum atomic E-state index is -0.445. The van der Waals surface area contributed by atoms with E-state index in [1.54, 1.807) is 0 Å². The van der Waals surface area contributed by atoms with E-state index in [-0.39, 0.29) is 28.7 Å². The topological polar surface area (TPSA) is 138 Å². The molecular formula is C17H16FN5O3. The Morgan fingerprint density at radius 2 is 1.62 bits per heavy atom. The van der Waals surface area contributed by atoms with Crippen molar-refractivity contribution in [1.29, 1.82) is 0 Å². The first-order chi connectivity index (χ1) is 12.4. The zero-order valence-electron chi connectivity index (χ0n) is 13.6. The molecule has 3 rings (SSSR count). The van der Waals surface area contributed by atoms with Crippen molar-refractivity contribution in [2.75, 3.05) is 13.2 Å². The maximum Gasteiger partial charge on any atom is 0.223 e. The number of rotatable bonds is 3. The number of carbonyl (C=O) groups excluding carboxylic acids is 1. The third-order valence-electron chi connectivity index (χ3n) is 3.49. The Kier molecular flexibility index (Phi) is 4.70. The highest BCUT2D eigenvalue weighted by molar-refractivity contribution is 6.13. The number of fused-ring (bicyclic) bond motifs is 1. The Labute approximate surface area is 148 Å². The molecule has 0 aromatic heterocycles. The van der Waals surface area contributed by atoms with Gasteiger partial charge in [-0.1, -0.05) is 0 Å². The van der Waals surface area contributed by atoms with Gasteiger partial charge in [0, 0.05) is 11.6 Å². The van der Waals surface area contributed by atoms with Gasteiger partial charge in [-0.05, 0) is 30.3 Å². The lowest BCUT2D eigenvalue weighted by Gasteiger charge is -2.20. The zero-order chi connectivity index (χ0) is 18.7. The number of aliphatic imine (C=N–C) groups is 2. The number of carbonyl (C=O) groups is 1. The Morgan fingerprint density at radius 1 is 1.00 bits per heavy atom. The van der Waals surface area contributed by atoms with Crippen molar-refractivity contribution in [3.8, 4) is 11.5 Å². The third kappa shape index (κ3) is 3.72. The van der Waals surface area contributed by atoms with E-state index in [4.69, 9.17) is 26.7 Å². The molecule has 0 unspecified atom stereocenters. The molecule has 0 spiro atoms. The van der Waals surface area contributed by atoms with Gasteiger partial charge in [-0.2, -0.15) is 4.99 Å². The summed E-state index contributed by atoms with van der Waals surface area (Å²) in [6.45, 7) is 0.723. The fourth-order valence-electron chi connectivity index (χ4n) is 2.39. The summed E-state index contributed by atoms with van der Waals surface area (Å²) < 4.78 is 24.1. The van der Waals surface area contributed by atoms with E-state index in [1.807, 2.05) is 0 Å². The van der Waals surface area contributed by atoms with Gasteiger partial charge in [0.15, 0.2) is 23.2 Å². The largest absolute Gasteiger partial charge is 0.486 e. The summed E-state index contributed by atoms with van der Waals surface area (Å²) >= 11 is 0. The highest BCUT2D eigenvalue weighted by Gasteiger charge is 2.21. The van der Waals surface area contributed by atoms with Gasteiger partial charge in [-0.15, -0.1) is 0 Å². The molecule has 0 radical (unpaired) electrons. The Hall–Kier alpha value is -3.62. The van der Waals surface area contributed by atoms with Gasteiger partial charge < -0.3 is 26.7 Å². The number of hydrogen-bond donors (Lipinski definition) is 3. The number of ether oxygens (including phenoxy) is 2. The normalized spacial score (nSPS) is 13.2. The lowest BCUT2D eigenvalue weighted by atomic mass is 10.0. The molecule has 1 heterocycles. The second-order valence-corrected chi connectivity index (χ2v) is 5.36. The predicted octanol–water partition coefficient (Wildman–Crippen LogP) is 1.05. The first kappa shape index (κ1) is 17.2. The molecule has 0 bridgehead atoms. The van der Waals surface area contributed by atoms with Crippen molar-refractivity contribution >= 4 is 23.4 Å². The van der Waals surface area contributed by atoms with Crippen LogP contribution in [0.5, 0.6) is 11.5 Å². The van der Waals surface area contributed by atoms with Gasteiger partial charge in [-0.3, -0.25) is 4.79 Å². The molecule has 8 nitrogen and oxygen atoms in total. The summed E-state index contributed by atoms with van der Waals surface area (Å²) in [5, 5.41) is 0. The number of hydrogen-bond acceptors (Lipinski definition) is 4. The van der Waals surface area contributed by atoms with E-state index in [9.17, 15) is 9.18 Å². The summed E-state index contributed by atoms with van der Waals surface area (Å²) in [4.78, 5) is 20.6. The molecule has 0 saturated heterocycles. The van der Waals surface area contributed by atoms with E-state index >= 15 is 0 Å². The van der Waals surface area contributed by atoms with Gasteiger partial charge in [-0.25, -0.2) is 9.38 Å². The number of guanidine groups is 2. The minimum Gasteiger partial charge on any atom is -0.486 e. The SMILES string of the molecule is NC(N)=NC(N)=Nc1cc2c(cc1C(=O)c1ccc(F)cc1)OCCO2. The molecule has 2 aromatic carbocycles. The van der Waals surface area contributed by atoms with E-state index in [0.29, 0.717) is 24.7 Å². The first-order valence-corrected chi connectivity index (χ1v) is 7.62. The van der Waals surface area contributed by atoms with Crippen molar-refractivity contribution in [3.63, 3.8) is 0 Å². The molecule has 1 aliphatic rings. The van der Waals surface area contributed by atoms with Crippen LogP contribution in [0, 0.1) is 5.82 Å². The molecule has 0 atom stereocenters. The van der Waals surface area contributed by atoms with Crippen molar-refractivity contribution in [3.05, 3.63) is 53.3 Å². The highest BCUT2D eigenvalue weighted by Crippen LogP contribution is 2.37. The van der Waals surface area contributed by atoms with E-state index in [1.165, 1.54) is 36.4 Å². The summed E-state index contributed by atoms with van der Waals surface area (Å²) in [7, 11) is 0. The highest BCUT2D eigenvalue weighted by atomic mass is 19.1. The van der Waals surface area contributed by atoms with Crippen molar-refractivity contribution in [2.24, 2.45) is 27.2 Å². The number of ketones is 1. The van der Waals surface area contributed by atoms with Crippen LogP contribution in [0.3, 0.4) is 0 Å². The molecule has 0 aliphatic carbocycles. The van der Waals surface area contributed by atoms with E-state index in [2.05, 4.69) is 9.98 Å². The molecule has 6 N–H and O–H groups in total. The van der Waals surface area contributed by atoms with Crippen LogP contribution < -0.4 is 26.7 Å². The van der Waals surface area contributed by atoms with Crippen molar-refractivity contribution in [2.45, 2.75) is 0 Å². The standard InChI is InChI=1S/C17H16FN5O3/c18-10-3-1-9(2-4-10)15(24)11-7-13-14(26-6-5-25-13)8-12(11)22-17(21)23-16(19)20/h1-4,7-8H,5-6H2,(H6,19,20,21,22,23). The molecule has 2 aromatic rings. The van der Waals surface area contributed by atoms with Crippen LogP contribution in [0.4, 0.5) is 10.1 Å². The maximum atomic E-state index is 13.1. The average Bonchev–Trinajstić information content (AvgIpc) is 2.60. The second-order valence-electron chi connectivity index (χ2n) is 5.36. The van der Waals surface area contributed by atoms with Crippen LogP contribution >= 0.6 is 0 Å². The molecule has 9 heteroatoms. The molecular weight excluding hydrogens is 341 g/mol. The molecule has 0 amide bonds. The van der Waals surface area contributed by atoms with Crippen LogP contribution in [0.2, 0.25) is 0 Å². The minimum absolute atomic E-state index is 0.189. The predicted molar refractivity (Wildman–Crippen MR) is 94.4 cm³/mol. The smallest absolute Gasteiger partial charge is 0.223 e. The van der Waals surface area contributed by atoms with Crippen molar-refractivity contribution in [1.82, 2.24) is 0 Å². The lowest BCUT2D eigenvalue weighted by molar-refractivity contribution is 0.103. The fraction of sp³-hybridized carbons (Fsp3) is 0.118. The first-order valence-electron chi connectivity index (χ1n) is 7.62. The van der Waals surface area contributed by atoms with E-state index < -0.39 is 11.6 Å². The number of halogens is 1. The van der Waals surface area contributed by atoms with Gasteiger partial charge in [0.25, 0.3) is 0 Å². The van der Waals surface area contributed by atoms with Crippen molar-refractivity contribution < 1.29 is 18.7 Å². The van der Waals surface area contributed by atoms with Gasteiger partial charge in [0.05, 0.1) is 11.3 Å². The summed E-state index contributed by atoms with van der Waals surface area (Å²) in [6.07, 6.45) is 0. The van der Waals surface area contributed by atoms with E-state index in [0.717, 1.165) is 0 Å². The van der Waals surface area contributed by atoms with Crippen LogP contribution in [0.15, 0.2) is 46.4 Å². The molecule has 26 heavy (non-hydrogen) atoms. The zero-order valence-corrected chi connectivity index (χ0v) is 13.6. The molecule has 1 aliphatic heterocycles. The van der Waals surface area contributed by atoms with Crippen LogP contribution in [0.1, 0.15) is 15.9 Å². The lowest BCUT2D eigenvalue weighted by Crippen LogP contribution is -2.26. The number of benzene rings is 2. The van der Waals surface area contributed by atoms with Crippen LogP contribution in [-0.4, -0.2) is 30.9 Å². The Bertz CT molecular complexity index is 905. The quantitative estimate of drug-likeness (QED) is 0.426. The Morgan fingerprint density at radius 3 is 2.23 bits per heavy atom. The molecule has 134 valence electrons. The van der Waals surface area contributed by atoms with Crippen LogP contribution in [0.25, 0.3) is 0 Å². The van der Waals surface area contributed by atoms with Gasteiger partial charge in [0.1, 0.15) is 19.0 Å². The third-order valence-corrected chi connectivity index (χ3v) is 3.49. The average molecular weight is 357 g/mol. The molecule has 0 saturated carbocycles. The summed E-state index contributed by atoms with van der Waals surface area (Å²) in [5.74, 6) is -0.508. The van der Waals surface area contributed by atoms with Gasteiger partial charge >= 0.3 is 0 Å². The summed E-state index contributed by atoms with van der Waals surface area (Å²) in [5.41, 5.74) is 16.9. The number of nitrogens with zero attached hydrogens (tertiary/aromatic N) is 2. The van der Waals surface area contributed by atoms with Crippen LogP contribution in [-0.2, 0) is 0 Å². The number of nitrogens with two attached hydrogens (primary N) is 3. The Balaban J connectivity index is 2.10. The summed E-state index contributed by atoms with van der Waals surface area (Å²) in [6, 6.07) is 8.16. The monoisotopic (exact) mass is 357 g/mol. The van der Waals surface area contributed by atoms with Gasteiger partial charge in [0.2, 0.25) is 5.96 Å². The fourth-order valence-corrected chi connectivity index (χ4v) is 2.39. The second kappa shape index (κ2) is 7.09. The molecule has 0 fully saturated rings. The maximum absolute atomic E-state index is 13.1.